The van der Waals surface area contributed by atoms with Crippen LogP contribution in [0.15, 0.2) is 22.9 Å². The average Bonchev–Trinajstić information content (AvgIpc) is 3.10. The first-order chi connectivity index (χ1) is 16.2. The SMILES string of the molecule is O=C([O-])[C@H]1[C@H](C(=O)Nc2ccc(Br)nc2)[C@@H]2CC[C@H]1C21CC1CCOCCN1CCC(F)(F)C1. The Kier molecular flexibility index (Phi) is 6.44. The van der Waals surface area contributed by atoms with E-state index in [1.165, 1.54) is 0 Å². The maximum atomic E-state index is 13.3. The number of carboxylic acids is 1. The predicted octanol–water partition coefficient (Wildman–Crippen LogP) is 2.56. The van der Waals surface area contributed by atoms with E-state index in [4.69, 9.17) is 4.74 Å². The molecule has 7 nitrogen and oxygen atoms in total. The van der Waals surface area contributed by atoms with Gasteiger partial charge in [0.25, 0.3) is 5.92 Å². The molecule has 1 saturated heterocycles. The summed E-state index contributed by atoms with van der Waals surface area (Å²) in [5, 5.41) is 15.0. The molecule has 4 fully saturated rings. The minimum Gasteiger partial charge on any atom is -0.550 e. The molecule has 4 aliphatic rings. The predicted molar refractivity (Wildman–Crippen MR) is 121 cm³/mol. The van der Waals surface area contributed by atoms with E-state index in [-0.39, 0.29) is 36.1 Å². The summed E-state index contributed by atoms with van der Waals surface area (Å²) in [5.41, 5.74) is 0.420. The lowest BCUT2D eigenvalue weighted by molar-refractivity contribution is -0.314. The Hall–Kier alpha value is -1.65. The molecule has 2 bridgehead atoms. The van der Waals surface area contributed by atoms with Crippen molar-refractivity contribution >= 4 is 33.5 Å². The normalized spacial score (nSPS) is 35.7. The Morgan fingerprint density at radius 3 is 2.65 bits per heavy atom. The molecule has 1 aliphatic heterocycles. The Bertz CT molecular complexity index is 949. The monoisotopic (exact) mass is 540 g/mol. The molecule has 1 spiro atoms. The van der Waals surface area contributed by atoms with E-state index >= 15 is 0 Å². The maximum absolute atomic E-state index is 13.3. The Labute approximate surface area is 205 Å². The zero-order valence-corrected chi connectivity index (χ0v) is 20.4. The number of anilines is 1. The molecule has 1 N–H and O–H groups in total. The number of carboxylic acid groups (broad SMARTS) is 1. The van der Waals surface area contributed by atoms with Gasteiger partial charge in [-0.3, -0.25) is 9.69 Å². The summed E-state index contributed by atoms with van der Waals surface area (Å²) < 4.78 is 33.0. The Morgan fingerprint density at radius 1 is 1.24 bits per heavy atom. The number of halogens is 3. The molecule has 6 atom stereocenters. The molecule has 186 valence electrons. The first-order valence-electron chi connectivity index (χ1n) is 12.0. The van der Waals surface area contributed by atoms with E-state index < -0.39 is 23.7 Å². The summed E-state index contributed by atoms with van der Waals surface area (Å²) in [6.07, 6.45) is 4.83. The fourth-order valence-electron chi connectivity index (χ4n) is 7.20. The van der Waals surface area contributed by atoms with Crippen molar-refractivity contribution < 1.29 is 28.2 Å². The standard InChI is InChI=1S/C24H30BrF2N3O4/c25-18-4-1-15(12-28-18)29-21(31)19-16-2-3-17(20(19)22(32)33)24(16)11-14(24)5-9-34-10-8-30-7-6-23(26,27)13-30/h1,4,12,14,16-17,19-20H,2-3,5-11,13H2,(H,29,31)(H,32,33)/p-1/t14?,16-,17+,19+,20+,24?/m0/s1. The average molecular weight is 541 g/mol. The van der Waals surface area contributed by atoms with Crippen molar-refractivity contribution in [3.05, 3.63) is 22.9 Å². The number of rotatable bonds is 9. The molecule has 0 radical (unpaired) electrons. The van der Waals surface area contributed by atoms with Gasteiger partial charge >= 0.3 is 0 Å². The highest BCUT2D eigenvalue weighted by atomic mass is 79.9. The molecule has 34 heavy (non-hydrogen) atoms. The quantitative estimate of drug-likeness (QED) is 0.382. The molecule has 1 aromatic rings. The van der Waals surface area contributed by atoms with Gasteiger partial charge in [0.05, 0.1) is 25.0 Å². The van der Waals surface area contributed by atoms with Gasteiger partial charge in [-0.15, -0.1) is 0 Å². The number of aromatic nitrogens is 1. The summed E-state index contributed by atoms with van der Waals surface area (Å²) in [5.74, 6) is -5.05. The van der Waals surface area contributed by atoms with Crippen LogP contribution in [0.2, 0.25) is 0 Å². The van der Waals surface area contributed by atoms with Crippen LogP contribution in [-0.4, -0.2) is 60.5 Å². The van der Waals surface area contributed by atoms with Crippen LogP contribution >= 0.6 is 15.9 Å². The zero-order chi connectivity index (χ0) is 24.1. The molecule has 2 heterocycles. The number of carbonyl (C=O) groups is 2. The molecule has 1 aromatic heterocycles. The third-order valence-electron chi connectivity index (χ3n) is 8.60. The molecule has 1 amide bonds. The summed E-state index contributed by atoms with van der Waals surface area (Å²) >= 11 is 3.26. The number of nitrogens with zero attached hydrogens (tertiary/aromatic N) is 2. The van der Waals surface area contributed by atoms with E-state index in [0.717, 1.165) is 25.7 Å². The van der Waals surface area contributed by atoms with Gasteiger partial charge in [0.1, 0.15) is 4.60 Å². The fourth-order valence-corrected chi connectivity index (χ4v) is 7.43. The number of pyridine rings is 1. The smallest absolute Gasteiger partial charge is 0.261 e. The number of hydrogen-bond acceptors (Lipinski definition) is 6. The van der Waals surface area contributed by atoms with Gasteiger partial charge in [-0.1, -0.05) is 0 Å². The summed E-state index contributed by atoms with van der Waals surface area (Å²) in [7, 11) is 0. The van der Waals surface area contributed by atoms with E-state index in [1.807, 2.05) is 0 Å². The minimum absolute atomic E-state index is 0.0284. The number of carbonyl (C=O) groups excluding carboxylic acids is 2. The van der Waals surface area contributed by atoms with E-state index in [0.29, 0.717) is 42.5 Å². The zero-order valence-electron chi connectivity index (χ0n) is 18.9. The molecular weight excluding hydrogens is 512 g/mol. The van der Waals surface area contributed by atoms with Gasteiger partial charge in [0.2, 0.25) is 5.91 Å². The van der Waals surface area contributed by atoms with Crippen LogP contribution in [0.25, 0.3) is 0 Å². The molecule has 0 aromatic carbocycles. The number of hydrogen-bond donors (Lipinski definition) is 1. The van der Waals surface area contributed by atoms with Gasteiger partial charge in [-0.2, -0.15) is 0 Å². The number of ether oxygens (including phenoxy) is 1. The molecule has 5 rings (SSSR count). The highest BCUT2D eigenvalue weighted by Gasteiger charge is 2.74. The van der Waals surface area contributed by atoms with E-state index in [9.17, 15) is 23.5 Å². The van der Waals surface area contributed by atoms with Crippen LogP contribution in [0.1, 0.15) is 32.1 Å². The summed E-state index contributed by atoms with van der Waals surface area (Å²) in [6, 6.07) is 3.45. The second-order valence-electron chi connectivity index (χ2n) is 10.3. The molecule has 10 heteroatoms. The molecule has 2 unspecified atom stereocenters. The molecular formula is C24H29BrF2N3O4-. The fraction of sp³-hybridized carbons (Fsp3) is 0.708. The second kappa shape index (κ2) is 9.09. The number of aliphatic carboxylic acids is 1. The van der Waals surface area contributed by atoms with Gasteiger partial charge in [-0.05, 0) is 76.9 Å². The third-order valence-corrected chi connectivity index (χ3v) is 9.07. The van der Waals surface area contributed by atoms with Crippen LogP contribution < -0.4 is 10.4 Å². The van der Waals surface area contributed by atoms with Crippen molar-refractivity contribution in [3.8, 4) is 0 Å². The first kappa shape index (κ1) is 24.1. The van der Waals surface area contributed by atoms with Gasteiger partial charge in [-0.25, -0.2) is 13.8 Å². The minimum atomic E-state index is -2.59. The number of alkyl halides is 2. The van der Waals surface area contributed by atoms with E-state index in [1.54, 1.807) is 23.2 Å². The van der Waals surface area contributed by atoms with Gasteiger partial charge in [0.15, 0.2) is 0 Å². The second-order valence-corrected chi connectivity index (χ2v) is 11.1. The van der Waals surface area contributed by atoms with Gasteiger partial charge < -0.3 is 20.0 Å². The Morgan fingerprint density at radius 2 is 2.00 bits per heavy atom. The molecule has 3 aliphatic carbocycles. The van der Waals surface area contributed by atoms with Gasteiger partial charge in [0, 0.05) is 43.9 Å². The van der Waals surface area contributed by atoms with E-state index in [2.05, 4.69) is 26.2 Å². The van der Waals surface area contributed by atoms with Crippen LogP contribution in [0, 0.1) is 35.0 Å². The lowest BCUT2D eigenvalue weighted by Crippen LogP contribution is -2.43. The first-order valence-corrected chi connectivity index (χ1v) is 12.8. The van der Waals surface area contributed by atoms with Crippen molar-refractivity contribution in [2.75, 3.05) is 38.2 Å². The van der Waals surface area contributed by atoms with Crippen molar-refractivity contribution in [3.63, 3.8) is 0 Å². The maximum Gasteiger partial charge on any atom is 0.261 e. The highest BCUT2D eigenvalue weighted by molar-refractivity contribution is 9.10. The number of nitrogens with one attached hydrogen (secondary N) is 1. The highest BCUT2D eigenvalue weighted by Crippen LogP contribution is 2.78. The van der Waals surface area contributed by atoms with Crippen LogP contribution in [0.4, 0.5) is 14.5 Å². The lowest BCUT2D eigenvalue weighted by atomic mass is 9.78. The summed E-state index contributed by atoms with van der Waals surface area (Å²) in [6.45, 7) is 1.63. The number of likely N-dealkylation sites (tertiary alicyclic amines) is 1. The topological polar surface area (TPSA) is 94.6 Å². The van der Waals surface area contributed by atoms with Crippen LogP contribution in [0.5, 0.6) is 0 Å². The number of amides is 1. The van der Waals surface area contributed by atoms with Crippen molar-refractivity contribution in [1.29, 1.82) is 0 Å². The van der Waals surface area contributed by atoms with Crippen molar-refractivity contribution in [2.45, 2.75) is 38.0 Å². The summed E-state index contributed by atoms with van der Waals surface area (Å²) in [4.78, 5) is 31.1. The largest absolute Gasteiger partial charge is 0.550 e. The Balaban J connectivity index is 1.16. The van der Waals surface area contributed by atoms with Crippen molar-refractivity contribution in [1.82, 2.24) is 9.88 Å². The van der Waals surface area contributed by atoms with Crippen LogP contribution in [0.3, 0.4) is 0 Å². The molecule has 3 saturated carbocycles. The van der Waals surface area contributed by atoms with Crippen molar-refractivity contribution in [2.24, 2.45) is 35.0 Å². The van der Waals surface area contributed by atoms with Crippen LogP contribution in [-0.2, 0) is 14.3 Å². The third kappa shape index (κ3) is 4.37. The lowest BCUT2D eigenvalue weighted by Gasteiger charge is -2.30.